The smallest absolute Gasteiger partial charge is 0.325 e. The maximum absolute atomic E-state index is 12.7. The third-order valence-corrected chi connectivity index (χ3v) is 5.64. The first-order valence-electron chi connectivity index (χ1n) is 7.85. The van der Waals surface area contributed by atoms with Crippen LogP contribution in [0.5, 0.6) is 5.75 Å². The molecule has 0 saturated carbocycles. The Morgan fingerprint density at radius 2 is 1.80 bits per heavy atom. The van der Waals surface area contributed by atoms with Crippen LogP contribution in [0.3, 0.4) is 0 Å². The van der Waals surface area contributed by atoms with E-state index in [0.29, 0.717) is 0 Å². The summed E-state index contributed by atoms with van der Waals surface area (Å²) in [4.78, 5) is 25.8. The molecule has 1 amide bonds. The van der Waals surface area contributed by atoms with Gasteiger partial charge in [0.15, 0.2) is 4.75 Å². The molecule has 6 heteroatoms. The first-order chi connectivity index (χ1) is 12.1. The van der Waals surface area contributed by atoms with E-state index >= 15 is 0 Å². The van der Waals surface area contributed by atoms with Crippen LogP contribution in [0.2, 0.25) is 0 Å². The van der Waals surface area contributed by atoms with Gasteiger partial charge in [-0.05, 0) is 29.8 Å². The summed E-state index contributed by atoms with van der Waals surface area (Å²) in [5, 5.41) is 2.93. The van der Waals surface area contributed by atoms with Gasteiger partial charge in [-0.2, -0.15) is 0 Å². The van der Waals surface area contributed by atoms with E-state index in [0.717, 1.165) is 16.2 Å². The molecular weight excluding hydrogens is 338 g/mol. The van der Waals surface area contributed by atoms with Crippen LogP contribution in [0, 0.1) is 0 Å². The van der Waals surface area contributed by atoms with Gasteiger partial charge in [0.25, 0.3) is 0 Å². The van der Waals surface area contributed by atoms with Crippen molar-refractivity contribution in [3.63, 3.8) is 0 Å². The van der Waals surface area contributed by atoms with Gasteiger partial charge in [-0.3, -0.25) is 9.59 Å². The highest BCUT2D eigenvalue weighted by Gasteiger charge is 2.55. The van der Waals surface area contributed by atoms with E-state index in [4.69, 9.17) is 9.47 Å². The molecule has 0 aliphatic carbocycles. The molecule has 2 aromatic rings. The molecule has 25 heavy (non-hydrogen) atoms. The Morgan fingerprint density at radius 3 is 2.40 bits per heavy atom. The second kappa shape index (κ2) is 7.19. The fourth-order valence-corrected chi connectivity index (χ4v) is 4.40. The van der Waals surface area contributed by atoms with Gasteiger partial charge in [-0.25, -0.2) is 0 Å². The number of nitrogens with one attached hydrogen (secondary N) is 1. The van der Waals surface area contributed by atoms with Gasteiger partial charge in [-0.1, -0.05) is 30.3 Å². The molecule has 1 N–H and O–H groups in total. The summed E-state index contributed by atoms with van der Waals surface area (Å²) >= 11 is 1.34. The summed E-state index contributed by atoms with van der Waals surface area (Å²) in [5.41, 5.74) is 0.875. The lowest BCUT2D eigenvalue weighted by atomic mass is 9.93. The molecule has 130 valence electrons. The normalized spacial score (nSPS) is 22.3. The van der Waals surface area contributed by atoms with E-state index in [1.807, 2.05) is 54.6 Å². The molecule has 0 unspecified atom stereocenters. The molecular formula is C19H19NO4S. The quantitative estimate of drug-likeness (QED) is 0.834. The molecule has 0 radical (unpaired) electrons. The minimum absolute atomic E-state index is 0.0654. The Balaban J connectivity index is 2.01. The second-order valence-corrected chi connectivity index (χ2v) is 7.15. The summed E-state index contributed by atoms with van der Waals surface area (Å²) in [5.74, 6) is 0.150. The summed E-state index contributed by atoms with van der Waals surface area (Å²) in [6, 6.07) is 16.4. The molecule has 0 aromatic heterocycles. The number of methoxy groups -OCH3 is 2. The third kappa shape index (κ3) is 3.35. The maximum Gasteiger partial charge on any atom is 0.325 e. The van der Waals surface area contributed by atoms with Gasteiger partial charge in [0.2, 0.25) is 5.91 Å². The Kier molecular flexibility index (Phi) is 4.99. The van der Waals surface area contributed by atoms with Crippen molar-refractivity contribution in [1.82, 2.24) is 5.32 Å². The van der Waals surface area contributed by atoms with Crippen molar-refractivity contribution >= 4 is 23.6 Å². The predicted molar refractivity (Wildman–Crippen MR) is 95.5 cm³/mol. The highest BCUT2D eigenvalue weighted by atomic mass is 32.2. The summed E-state index contributed by atoms with van der Waals surface area (Å²) in [6.07, 6.45) is 0.0654. The number of ether oxygens (including phenoxy) is 2. The first kappa shape index (κ1) is 17.4. The number of hydrogen-bond acceptors (Lipinski definition) is 5. The van der Waals surface area contributed by atoms with E-state index in [-0.39, 0.29) is 12.3 Å². The Hall–Kier alpha value is -2.47. The largest absolute Gasteiger partial charge is 0.497 e. The first-order valence-corrected chi connectivity index (χ1v) is 8.66. The van der Waals surface area contributed by atoms with Gasteiger partial charge >= 0.3 is 5.97 Å². The molecule has 5 nitrogen and oxygen atoms in total. The summed E-state index contributed by atoms with van der Waals surface area (Å²) in [6.45, 7) is 0. The summed E-state index contributed by atoms with van der Waals surface area (Å²) < 4.78 is 9.20. The molecule has 1 saturated heterocycles. The zero-order chi connectivity index (χ0) is 17.9. The van der Waals surface area contributed by atoms with Crippen molar-refractivity contribution in [2.45, 2.75) is 22.1 Å². The van der Waals surface area contributed by atoms with Crippen LogP contribution < -0.4 is 10.1 Å². The molecule has 0 bridgehead atoms. The predicted octanol–water partition coefficient (Wildman–Crippen LogP) is 2.96. The van der Waals surface area contributed by atoms with Crippen LogP contribution in [0.25, 0.3) is 0 Å². The minimum Gasteiger partial charge on any atom is -0.497 e. The van der Waals surface area contributed by atoms with Gasteiger partial charge in [0.05, 0.1) is 26.7 Å². The van der Waals surface area contributed by atoms with Crippen LogP contribution in [-0.4, -0.2) is 30.8 Å². The van der Waals surface area contributed by atoms with Crippen molar-refractivity contribution in [2.75, 3.05) is 14.2 Å². The number of carbonyl (C=O) groups is 2. The van der Waals surface area contributed by atoms with E-state index in [9.17, 15) is 9.59 Å². The van der Waals surface area contributed by atoms with Gasteiger partial charge < -0.3 is 14.8 Å². The zero-order valence-electron chi connectivity index (χ0n) is 14.0. The fraction of sp³-hybridized carbons (Fsp3) is 0.263. The number of hydrogen-bond donors (Lipinski definition) is 1. The second-order valence-electron chi connectivity index (χ2n) is 5.75. The van der Waals surface area contributed by atoms with E-state index < -0.39 is 16.8 Å². The van der Waals surface area contributed by atoms with Gasteiger partial charge in [0.1, 0.15) is 5.75 Å². The summed E-state index contributed by atoms with van der Waals surface area (Å²) in [7, 11) is 2.95. The number of rotatable bonds is 5. The van der Waals surface area contributed by atoms with Crippen molar-refractivity contribution in [3.05, 3.63) is 60.2 Å². The lowest BCUT2D eigenvalue weighted by Gasteiger charge is -2.31. The molecule has 1 aliphatic heterocycles. The van der Waals surface area contributed by atoms with Crippen molar-refractivity contribution in [3.8, 4) is 5.75 Å². The molecule has 3 rings (SSSR count). The fourth-order valence-electron chi connectivity index (χ4n) is 3.02. The molecule has 1 fully saturated rings. The minimum atomic E-state index is -1.05. The van der Waals surface area contributed by atoms with E-state index in [1.165, 1.54) is 18.9 Å². The SMILES string of the molecule is COC(=O)[C@@]1(Sc2ccc(OC)cc2)CC(=O)N[C@@H]1c1ccccc1. The highest BCUT2D eigenvalue weighted by Crippen LogP contribution is 2.49. The Bertz CT molecular complexity index is 763. The van der Waals surface area contributed by atoms with Gasteiger partial charge in [0, 0.05) is 4.90 Å². The van der Waals surface area contributed by atoms with Crippen molar-refractivity contribution < 1.29 is 19.1 Å². The molecule has 2 aromatic carbocycles. The molecule has 1 aliphatic rings. The van der Waals surface area contributed by atoms with Crippen molar-refractivity contribution in [1.29, 1.82) is 0 Å². The van der Waals surface area contributed by atoms with Crippen LogP contribution in [0.4, 0.5) is 0 Å². The monoisotopic (exact) mass is 357 g/mol. The number of amides is 1. The highest BCUT2D eigenvalue weighted by molar-refractivity contribution is 8.01. The van der Waals surface area contributed by atoms with Crippen molar-refractivity contribution in [2.24, 2.45) is 0 Å². The van der Waals surface area contributed by atoms with Crippen LogP contribution in [0.1, 0.15) is 18.0 Å². The number of carbonyl (C=O) groups excluding carboxylic acids is 2. The van der Waals surface area contributed by atoms with Crippen LogP contribution in [-0.2, 0) is 14.3 Å². The topological polar surface area (TPSA) is 64.6 Å². The Labute approximate surface area is 150 Å². The number of esters is 1. The third-order valence-electron chi connectivity index (χ3n) is 4.22. The number of thioether (sulfide) groups is 1. The average molecular weight is 357 g/mol. The van der Waals surface area contributed by atoms with Crippen LogP contribution in [0.15, 0.2) is 59.5 Å². The van der Waals surface area contributed by atoms with E-state index in [2.05, 4.69) is 5.32 Å². The van der Waals surface area contributed by atoms with Gasteiger partial charge in [-0.15, -0.1) is 11.8 Å². The lowest BCUT2D eigenvalue weighted by molar-refractivity contribution is -0.144. The zero-order valence-corrected chi connectivity index (χ0v) is 14.8. The Morgan fingerprint density at radius 1 is 1.12 bits per heavy atom. The standard InChI is InChI=1S/C19H19NO4S/c1-23-14-8-10-15(11-9-14)25-19(18(22)24-2)12-16(21)20-17(19)13-6-4-3-5-7-13/h3-11,17H,12H2,1-2H3,(H,20,21)/t17-,19-/m1/s1. The van der Waals surface area contributed by atoms with E-state index in [1.54, 1.807) is 7.11 Å². The average Bonchev–Trinajstić information content (AvgIpc) is 2.99. The molecule has 0 spiro atoms. The van der Waals surface area contributed by atoms with Crippen LogP contribution >= 0.6 is 11.8 Å². The number of benzene rings is 2. The molecule has 1 heterocycles. The molecule has 2 atom stereocenters. The lowest BCUT2D eigenvalue weighted by Crippen LogP contribution is -2.41. The maximum atomic E-state index is 12.7.